The van der Waals surface area contributed by atoms with Gasteiger partial charge in [0.1, 0.15) is 17.5 Å². The van der Waals surface area contributed by atoms with Gasteiger partial charge in [-0.3, -0.25) is 19.2 Å². The minimum Gasteiger partial charge on any atom is -0.497 e. The molecule has 0 bridgehead atoms. The van der Waals surface area contributed by atoms with Crippen molar-refractivity contribution in [1.82, 2.24) is 10.6 Å². The number of methoxy groups -OCH3 is 2. The Balaban J connectivity index is 2.04. The molecule has 3 N–H and O–H groups in total. The molecular weight excluding hydrogens is 484 g/mol. The van der Waals surface area contributed by atoms with E-state index >= 15 is 0 Å². The average Bonchev–Trinajstić information content (AvgIpc) is 2.85. The summed E-state index contributed by atoms with van der Waals surface area (Å²) in [6, 6.07) is 3.01. The lowest BCUT2D eigenvalue weighted by Crippen LogP contribution is -2.54. The second-order valence-electron chi connectivity index (χ2n) is 9.34. The van der Waals surface area contributed by atoms with Gasteiger partial charge in [0, 0.05) is 10.8 Å². The van der Waals surface area contributed by atoms with Crippen LogP contribution in [0.5, 0.6) is 11.5 Å². The molecule has 9 nitrogen and oxygen atoms in total. The Morgan fingerprint density at radius 1 is 1.06 bits per heavy atom. The molecule has 1 fully saturated rings. The lowest BCUT2D eigenvalue weighted by Gasteiger charge is -2.25. The number of Topliss-reactive ketones (excluding diaryl/α,β-unsaturated/α-hetero) is 1. The van der Waals surface area contributed by atoms with E-state index in [-0.39, 0.29) is 23.9 Å². The molecule has 1 aromatic carbocycles. The van der Waals surface area contributed by atoms with Gasteiger partial charge in [0.25, 0.3) is 0 Å². The van der Waals surface area contributed by atoms with E-state index < -0.39 is 36.3 Å². The van der Waals surface area contributed by atoms with Crippen molar-refractivity contribution in [3.63, 3.8) is 0 Å². The van der Waals surface area contributed by atoms with Crippen molar-refractivity contribution < 1.29 is 33.8 Å². The maximum atomic E-state index is 13.1. The zero-order chi connectivity index (χ0) is 26.7. The van der Waals surface area contributed by atoms with Gasteiger partial charge in [0.2, 0.25) is 11.8 Å². The monoisotopic (exact) mass is 522 g/mol. The van der Waals surface area contributed by atoms with Crippen molar-refractivity contribution >= 4 is 35.3 Å². The largest absolute Gasteiger partial charge is 0.497 e. The van der Waals surface area contributed by atoms with Crippen molar-refractivity contribution in [3.05, 3.63) is 23.8 Å². The predicted molar refractivity (Wildman–Crippen MR) is 139 cm³/mol. The zero-order valence-corrected chi connectivity index (χ0v) is 22.3. The number of benzene rings is 1. The Labute approximate surface area is 217 Å². The molecule has 0 aliphatic heterocycles. The first kappa shape index (κ1) is 29.5. The smallest absolute Gasteiger partial charge is 0.305 e. The van der Waals surface area contributed by atoms with E-state index in [1.165, 1.54) is 32.4 Å². The van der Waals surface area contributed by atoms with Gasteiger partial charge < -0.3 is 25.2 Å². The highest BCUT2D eigenvalue weighted by atomic mass is 32.2. The number of carboxylic acid groups (broad SMARTS) is 1. The number of hydrogen-bond acceptors (Lipinski definition) is 7. The Morgan fingerprint density at radius 2 is 1.75 bits per heavy atom. The number of carbonyl (C=O) groups excluding carboxylic acids is 3. The van der Waals surface area contributed by atoms with Gasteiger partial charge in [-0.2, -0.15) is 11.8 Å². The van der Waals surface area contributed by atoms with Gasteiger partial charge in [0.05, 0.1) is 38.9 Å². The second-order valence-corrected chi connectivity index (χ2v) is 10.6. The minimum absolute atomic E-state index is 0.0492. The molecule has 1 aliphatic rings. The number of rotatable bonds is 14. The van der Waals surface area contributed by atoms with Crippen molar-refractivity contribution in [2.24, 2.45) is 5.92 Å². The molecule has 0 heterocycles. The molecule has 200 valence electrons. The van der Waals surface area contributed by atoms with E-state index in [9.17, 15) is 24.3 Å². The summed E-state index contributed by atoms with van der Waals surface area (Å²) in [7, 11) is 3.02. The molecule has 0 saturated heterocycles. The van der Waals surface area contributed by atoms with E-state index in [1.54, 1.807) is 32.0 Å². The standard InChI is InChI=1S/C26H38N2O7S/c1-16(2)25(28-23(30)13-17-12-18(34-3)10-11-22(17)35-4)26(33)27-20(14-24(31)32)21(29)15-36-19-8-6-5-7-9-19/h10-12,16,19-20,25H,5-9,13-15H2,1-4H3,(H,27,33)(H,28,30)(H,31,32)/t20-,25-/m0/s1. The second kappa shape index (κ2) is 14.7. The topological polar surface area (TPSA) is 131 Å². The Hall–Kier alpha value is -2.75. The molecule has 1 saturated carbocycles. The van der Waals surface area contributed by atoms with Crippen LogP contribution in [0.15, 0.2) is 18.2 Å². The number of ether oxygens (including phenoxy) is 2. The van der Waals surface area contributed by atoms with E-state index in [0.717, 1.165) is 25.7 Å². The summed E-state index contributed by atoms with van der Waals surface area (Å²) < 4.78 is 10.5. The van der Waals surface area contributed by atoms with Crippen LogP contribution in [0.3, 0.4) is 0 Å². The van der Waals surface area contributed by atoms with E-state index in [4.69, 9.17) is 9.47 Å². The number of amides is 2. The highest BCUT2D eigenvalue weighted by Gasteiger charge is 2.30. The fourth-order valence-electron chi connectivity index (χ4n) is 4.17. The molecule has 1 aliphatic carbocycles. The van der Waals surface area contributed by atoms with E-state index in [2.05, 4.69) is 10.6 Å². The summed E-state index contributed by atoms with van der Waals surface area (Å²) in [5.41, 5.74) is 0.593. The molecule has 2 atom stereocenters. The number of thioether (sulfide) groups is 1. The third-order valence-electron chi connectivity index (χ3n) is 6.20. The highest BCUT2D eigenvalue weighted by molar-refractivity contribution is 8.00. The molecule has 1 aromatic rings. The van der Waals surface area contributed by atoms with Crippen LogP contribution < -0.4 is 20.1 Å². The molecule has 0 unspecified atom stereocenters. The summed E-state index contributed by atoms with van der Waals surface area (Å²) >= 11 is 1.54. The van der Waals surface area contributed by atoms with Crippen LogP contribution in [-0.4, -0.2) is 66.0 Å². The Kier molecular flexibility index (Phi) is 12.1. The summed E-state index contributed by atoms with van der Waals surface area (Å²) in [6.45, 7) is 3.53. The third-order valence-corrected chi connectivity index (χ3v) is 7.60. The summed E-state index contributed by atoms with van der Waals surface area (Å²) in [6.07, 6.45) is 5.02. The number of ketones is 1. The Morgan fingerprint density at radius 3 is 2.33 bits per heavy atom. The van der Waals surface area contributed by atoms with Crippen LogP contribution in [0.25, 0.3) is 0 Å². The first-order chi connectivity index (χ1) is 17.1. The quantitative estimate of drug-likeness (QED) is 0.340. The summed E-state index contributed by atoms with van der Waals surface area (Å²) in [5, 5.41) is 15.0. The molecule has 0 aromatic heterocycles. The SMILES string of the molecule is COc1ccc(OC)c(CC(=O)N[C@H](C(=O)N[C@@H](CC(=O)O)C(=O)CSC2CCCCC2)C(C)C)c1. The zero-order valence-electron chi connectivity index (χ0n) is 21.5. The third kappa shape index (κ3) is 9.37. The van der Waals surface area contributed by atoms with Gasteiger partial charge in [0.15, 0.2) is 5.78 Å². The van der Waals surface area contributed by atoms with Crippen LogP contribution in [-0.2, 0) is 25.6 Å². The van der Waals surface area contributed by atoms with Gasteiger partial charge >= 0.3 is 5.97 Å². The van der Waals surface area contributed by atoms with Crippen LogP contribution in [0, 0.1) is 5.92 Å². The van der Waals surface area contributed by atoms with Gasteiger partial charge in [-0.05, 0) is 37.0 Å². The van der Waals surface area contributed by atoms with Gasteiger partial charge in [-0.1, -0.05) is 33.1 Å². The number of aliphatic carboxylic acids is 1. The van der Waals surface area contributed by atoms with Gasteiger partial charge in [-0.15, -0.1) is 0 Å². The van der Waals surface area contributed by atoms with Crippen molar-refractivity contribution in [3.8, 4) is 11.5 Å². The molecular formula is C26H38N2O7S. The first-order valence-corrected chi connectivity index (χ1v) is 13.4. The highest BCUT2D eigenvalue weighted by Crippen LogP contribution is 2.28. The van der Waals surface area contributed by atoms with Crippen LogP contribution in [0.2, 0.25) is 0 Å². The van der Waals surface area contributed by atoms with Gasteiger partial charge in [-0.25, -0.2) is 0 Å². The molecule has 10 heteroatoms. The Bertz CT molecular complexity index is 916. The first-order valence-electron chi connectivity index (χ1n) is 12.3. The molecule has 0 radical (unpaired) electrons. The molecule has 36 heavy (non-hydrogen) atoms. The minimum atomic E-state index is -1.17. The molecule has 0 spiro atoms. The fraction of sp³-hybridized carbons (Fsp3) is 0.615. The summed E-state index contributed by atoms with van der Waals surface area (Å²) in [5.74, 6) is -1.56. The van der Waals surface area contributed by atoms with Crippen molar-refractivity contribution in [1.29, 1.82) is 0 Å². The van der Waals surface area contributed by atoms with Crippen LogP contribution in [0.4, 0.5) is 0 Å². The maximum Gasteiger partial charge on any atom is 0.305 e. The molecule has 2 amide bonds. The number of carboxylic acids is 1. The normalized spacial score (nSPS) is 15.6. The number of carbonyl (C=O) groups is 4. The number of hydrogen-bond donors (Lipinski definition) is 3. The van der Waals surface area contributed by atoms with Crippen LogP contribution in [0.1, 0.15) is 57.9 Å². The lowest BCUT2D eigenvalue weighted by molar-refractivity contribution is -0.140. The van der Waals surface area contributed by atoms with Crippen molar-refractivity contribution in [2.45, 2.75) is 76.1 Å². The van der Waals surface area contributed by atoms with E-state index in [0.29, 0.717) is 22.3 Å². The van der Waals surface area contributed by atoms with E-state index in [1.807, 2.05) is 0 Å². The average molecular weight is 523 g/mol. The fourth-order valence-corrected chi connectivity index (χ4v) is 5.43. The predicted octanol–water partition coefficient (Wildman–Crippen LogP) is 2.98. The molecule has 2 rings (SSSR count). The maximum absolute atomic E-state index is 13.1. The van der Waals surface area contributed by atoms with Crippen molar-refractivity contribution in [2.75, 3.05) is 20.0 Å². The van der Waals surface area contributed by atoms with Crippen LogP contribution >= 0.6 is 11.8 Å². The number of nitrogens with one attached hydrogen (secondary N) is 2. The lowest BCUT2D eigenvalue weighted by atomic mass is 10.0. The summed E-state index contributed by atoms with van der Waals surface area (Å²) in [4.78, 5) is 50.1.